The quantitative estimate of drug-likeness (QED) is 0.790. The number of sulfonamides is 1. The molecule has 0 aromatic heterocycles. The van der Waals surface area contributed by atoms with Crippen LogP contribution in [0.1, 0.15) is 35.6 Å². The van der Waals surface area contributed by atoms with Gasteiger partial charge in [0.05, 0.1) is 12.0 Å². The number of nitrogens with zero attached hydrogens (tertiary/aromatic N) is 1. The first kappa shape index (κ1) is 19.9. The van der Waals surface area contributed by atoms with Gasteiger partial charge in [-0.2, -0.15) is 0 Å². The average molecular weight is 389 g/mol. The Balaban J connectivity index is 1.82. The number of methoxy groups -OCH3 is 1. The molecule has 146 valence electrons. The molecule has 0 radical (unpaired) electrons. The molecule has 3 rings (SSSR count). The van der Waals surface area contributed by atoms with Gasteiger partial charge in [-0.05, 0) is 74.7 Å². The Bertz CT molecular complexity index is 873. The standard InChI is InChI=1S/C21H28N2O3S/c1-16-6-7-17(2)21(14-16)27(24,25)22-15-20(23-12-4-5-13-23)18-8-10-19(26-3)11-9-18/h6-11,14,20,22H,4-5,12-13,15H2,1-3H3/t20-/m1/s1. The molecule has 0 saturated carbocycles. The van der Waals surface area contributed by atoms with Gasteiger partial charge >= 0.3 is 0 Å². The molecule has 0 aliphatic carbocycles. The zero-order valence-electron chi connectivity index (χ0n) is 16.2. The van der Waals surface area contributed by atoms with Gasteiger partial charge in [-0.3, -0.25) is 4.90 Å². The normalized spacial score (nSPS) is 16.4. The molecule has 2 aromatic rings. The SMILES string of the molecule is COc1ccc([C@@H](CNS(=O)(=O)c2cc(C)ccc2C)N2CCCC2)cc1. The largest absolute Gasteiger partial charge is 0.497 e. The minimum absolute atomic E-state index is 0.0123. The van der Waals surface area contributed by atoms with Crippen LogP contribution in [-0.2, 0) is 10.0 Å². The Morgan fingerprint density at radius 2 is 1.74 bits per heavy atom. The molecular formula is C21H28N2O3S. The molecule has 6 heteroatoms. The highest BCUT2D eigenvalue weighted by Crippen LogP contribution is 2.27. The van der Waals surface area contributed by atoms with Crippen molar-refractivity contribution in [1.82, 2.24) is 9.62 Å². The van der Waals surface area contributed by atoms with E-state index in [1.54, 1.807) is 13.2 Å². The monoisotopic (exact) mass is 388 g/mol. The highest BCUT2D eigenvalue weighted by Gasteiger charge is 2.26. The van der Waals surface area contributed by atoms with Crippen molar-refractivity contribution in [3.63, 3.8) is 0 Å². The third kappa shape index (κ3) is 4.69. The van der Waals surface area contributed by atoms with Gasteiger partial charge in [-0.15, -0.1) is 0 Å². The van der Waals surface area contributed by atoms with Crippen LogP contribution in [0.15, 0.2) is 47.4 Å². The first-order valence-corrected chi connectivity index (χ1v) is 10.8. The first-order valence-electron chi connectivity index (χ1n) is 9.35. The first-order chi connectivity index (χ1) is 12.9. The Morgan fingerprint density at radius 3 is 2.37 bits per heavy atom. The third-order valence-corrected chi connectivity index (χ3v) is 6.75. The fraction of sp³-hybridized carbons (Fsp3) is 0.429. The van der Waals surface area contributed by atoms with E-state index in [-0.39, 0.29) is 6.04 Å². The summed E-state index contributed by atoms with van der Waals surface area (Å²) in [5.41, 5.74) is 2.80. The summed E-state index contributed by atoms with van der Waals surface area (Å²) < 4.78 is 33.9. The molecular weight excluding hydrogens is 360 g/mol. The molecule has 2 aromatic carbocycles. The summed E-state index contributed by atoms with van der Waals surface area (Å²) in [6, 6.07) is 13.4. The van der Waals surface area contributed by atoms with Gasteiger partial charge in [0.25, 0.3) is 0 Å². The molecule has 0 spiro atoms. The number of nitrogens with one attached hydrogen (secondary N) is 1. The van der Waals surface area contributed by atoms with Crippen molar-refractivity contribution < 1.29 is 13.2 Å². The summed E-state index contributed by atoms with van der Waals surface area (Å²) in [7, 11) is -1.92. The molecule has 0 amide bonds. The molecule has 1 saturated heterocycles. The zero-order chi connectivity index (χ0) is 19.4. The van der Waals surface area contributed by atoms with Crippen molar-refractivity contribution in [2.45, 2.75) is 37.6 Å². The van der Waals surface area contributed by atoms with Crippen LogP contribution in [0.25, 0.3) is 0 Å². The van der Waals surface area contributed by atoms with E-state index in [4.69, 9.17) is 4.74 Å². The Labute approximate surface area is 162 Å². The molecule has 1 heterocycles. The number of likely N-dealkylation sites (tertiary alicyclic amines) is 1. The summed E-state index contributed by atoms with van der Waals surface area (Å²) in [5.74, 6) is 0.801. The van der Waals surface area contributed by atoms with Gasteiger partial charge in [-0.25, -0.2) is 13.1 Å². The predicted molar refractivity (Wildman–Crippen MR) is 108 cm³/mol. The van der Waals surface area contributed by atoms with Crippen LogP contribution in [0.5, 0.6) is 5.75 Å². The summed E-state index contributed by atoms with van der Waals surface area (Å²) >= 11 is 0. The van der Waals surface area contributed by atoms with Gasteiger partial charge in [-0.1, -0.05) is 24.3 Å². The Kier molecular flexibility index (Phi) is 6.19. The highest BCUT2D eigenvalue weighted by molar-refractivity contribution is 7.89. The van der Waals surface area contributed by atoms with Crippen LogP contribution in [0.4, 0.5) is 0 Å². The molecule has 27 heavy (non-hydrogen) atoms. The smallest absolute Gasteiger partial charge is 0.240 e. The lowest BCUT2D eigenvalue weighted by Crippen LogP contribution is -2.37. The fourth-order valence-electron chi connectivity index (χ4n) is 3.60. The van der Waals surface area contributed by atoms with Crippen molar-refractivity contribution in [3.05, 3.63) is 59.2 Å². The maximum Gasteiger partial charge on any atom is 0.240 e. The summed E-state index contributed by atoms with van der Waals surface area (Å²) in [5, 5.41) is 0. The second kappa shape index (κ2) is 8.42. The van der Waals surface area contributed by atoms with Crippen LogP contribution >= 0.6 is 0 Å². The van der Waals surface area contributed by atoms with Crippen molar-refractivity contribution in [2.24, 2.45) is 0 Å². The van der Waals surface area contributed by atoms with Gasteiger partial charge in [0, 0.05) is 12.6 Å². The fourth-order valence-corrected chi connectivity index (χ4v) is 4.97. The molecule has 1 aliphatic rings. The maximum atomic E-state index is 12.9. The van der Waals surface area contributed by atoms with E-state index in [2.05, 4.69) is 9.62 Å². The lowest BCUT2D eigenvalue weighted by Gasteiger charge is -2.28. The van der Waals surface area contributed by atoms with E-state index in [1.807, 2.05) is 50.2 Å². The molecule has 0 unspecified atom stereocenters. The lowest BCUT2D eigenvalue weighted by atomic mass is 10.1. The number of rotatable bonds is 7. The second-order valence-electron chi connectivity index (χ2n) is 7.15. The minimum Gasteiger partial charge on any atom is -0.497 e. The second-order valence-corrected chi connectivity index (χ2v) is 8.89. The van der Waals surface area contributed by atoms with Gasteiger partial charge in [0.1, 0.15) is 5.75 Å². The van der Waals surface area contributed by atoms with Crippen molar-refractivity contribution in [3.8, 4) is 5.75 Å². The van der Waals surface area contributed by atoms with E-state index >= 15 is 0 Å². The third-order valence-electron chi connectivity index (χ3n) is 5.18. The molecule has 5 nitrogen and oxygen atoms in total. The van der Waals surface area contributed by atoms with E-state index in [9.17, 15) is 8.42 Å². The molecule has 1 atom stereocenters. The zero-order valence-corrected chi connectivity index (χ0v) is 17.1. The topological polar surface area (TPSA) is 58.6 Å². The van der Waals surface area contributed by atoms with Crippen LogP contribution in [0.2, 0.25) is 0 Å². The van der Waals surface area contributed by atoms with Crippen LogP contribution in [-0.4, -0.2) is 40.1 Å². The number of benzene rings is 2. The summed E-state index contributed by atoms with van der Waals surface area (Å²) in [6.07, 6.45) is 2.30. The highest BCUT2D eigenvalue weighted by atomic mass is 32.2. The van der Waals surface area contributed by atoms with Gasteiger partial charge < -0.3 is 4.74 Å². The van der Waals surface area contributed by atoms with Crippen molar-refractivity contribution in [1.29, 1.82) is 0 Å². The minimum atomic E-state index is -3.56. The lowest BCUT2D eigenvalue weighted by molar-refractivity contribution is 0.246. The van der Waals surface area contributed by atoms with E-state index in [1.165, 1.54) is 0 Å². The van der Waals surface area contributed by atoms with Crippen LogP contribution in [0, 0.1) is 13.8 Å². The van der Waals surface area contributed by atoms with E-state index in [0.29, 0.717) is 11.4 Å². The maximum absolute atomic E-state index is 12.9. The molecule has 1 N–H and O–H groups in total. The van der Waals surface area contributed by atoms with E-state index < -0.39 is 10.0 Å². The van der Waals surface area contributed by atoms with Crippen molar-refractivity contribution in [2.75, 3.05) is 26.7 Å². The number of hydrogen-bond donors (Lipinski definition) is 1. The average Bonchev–Trinajstić information content (AvgIpc) is 3.18. The molecule has 0 bridgehead atoms. The summed E-state index contributed by atoms with van der Waals surface area (Å²) in [6.45, 7) is 6.06. The number of aryl methyl sites for hydroxylation is 2. The Morgan fingerprint density at radius 1 is 1.07 bits per heavy atom. The van der Waals surface area contributed by atoms with Crippen molar-refractivity contribution >= 4 is 10.0 Å². The number of hydrogen-bond acceptors (Lipinski definition) is 4. The molecule has 1 aliphatic heterocycles. The van der Waals surface area contributed by atoms with Gasteiger partial charge in [0.2, 0.25) is 10.0 Å². The summed E-state index contributed by atoms with van der Waals surface area (Å²) in [4.78, 5) is 2.71. The van der Waals surface area contributed by atoms with Gasteiger partial charge in [0.15, 0.2) is 0 Å². The number of ether oxygens (including phenoxy) is 1. The molecule has 1 fully saturated rings. The Hall–Kier alpha value is -1.89. The van der Waals surface area contributed by atoms with Crippen LogP contribution in [0.3, 0.4) is 0 Å². The van der Waals surface area contributed by atoms with E-state index in [0.717, 1.165) is 48.4 Å². The van der Waals surface area contributed by atoms with Crippen LogP contribution < -0.4 is 9.46 Å². The predicted octanol–water partition coefficient (Wildman–Crippen LogP) is 3.43.